The first-order chi connectivity index (χ1) is 25.5. The van der Waals surface area contributed by atoms with Gasteiger partial charge in [-0.05, 0) is 69.3 Å². The molecule has 7 aromatic carbocycles. The molecule has 0 N–H and O–H groups in total. The minimum Gasteiger partial charge on any atom is -0.228 e. The van der Waals surface area contributed by atoms with Gasteiger partial charge in [-0.2, -0.15) is 0 Å². The summed E-state index contributed by atoms with van der Waals surface area (Å²) in [6.07, 6.45) is 0. The number of benzene rings is 7. The zero-order valence-electron chi connectivity index (χ0n) is 29.0. The molecule has 2 aromatic heterocycles. The highest BCUT2D eigenvalue weighted by atomic mass is 32.1. The summed E-state index contributed by atoms with van der Waals surface area (Å²) in [5, 5.41) is 2.50. The smallest absolute Gasteiger partial charge is 0.161 e. The van der Waals surface area contributed by atoms with Gasteiger partial charge in [0.15, 0.2) is 5.82 Å². The highest BCUT2D eigenvalue weighted by Crippen LogP contribution is 2.50. The maximum Gasteiger partial charge on any atom is 0.161 e. The van der Waals surface area contributed by atoms with Crippen LogP contribution in [0.3, 0.4) is 0 Å². The summed E-state index contributed by atoms with van der Waals surface area (Å²) in [5.74, 6) is 0.719. The van der Waals surface area contributed by atoms with Crippen LogP contribution in [-0.4, -0.2) is 9.97 Å². The van der Waals surface area contributed by atoms with Crippen molar-refractivity contribution in [2.45, 2.75) is 19.3 Å². The molecule has 0 atom stereocenters. The van der Waals surface area contributed by atoms with E-state index in [4.69, 9.17) is 9.97 Å². The van der Waals surface area contributed by atoms with Gasteiger partial charge in [-0.1, -0.05) is 153 Å². The zero-order valence-corrected chi connectivity index (χ0v) is 29.8. The van der Waals surface area contributed by atoms with E-state index in [1.807, 2.05) is 23.5 Å². The largest absolute Gasteiger partial charge is 0.228 e. The molecule has 1 aliphatic carbocycles. The number of rotatable bonds is 5. The Balaban J connectivity index is 1.16. The Morgan fingerprint density at radius 3 is 1.73 bits per heavy atom. The fourth-order valence-electron chi connectivity index (χ4n) is 8.10. The minimum atomic E-state index is -0.0423. The highest BCUT2D eigenvalue weighted by molar-refractivity contribution is 7.26. The molecule has 0 saturated carbocycles. The fourth-order valence-corrected chi connectivity index (χ4v) is 9.21. The molecule has 0 radical (unpaired) electrons. The van der Waals surface area contributed by atoms with Crippen LogP contribution < -0.4 is 0 Å². The summed E-state index contributed by atoms with van der Waals surface area (Å²) in [6.45, 7) is 4.69. The van der Waals surface area contributed by atoms with Crippen molar-refractivity contribution in [1.29, 1.82) is 0 Å². The van der Waals surface area contributed by atoms with Gasteiger partial charge < -0.3 is 0 Å². The second-order valence-electron chi connectivity index (χ2n) is 14.2. The molecule has 0 spiro atoms. The standard InChI is InChI=1S/C49H34N2S/c1-49(2)40-19-11-9-17-36(40)37-26-25-35(29-41(37)49)31-21-23-34(24-22-31)46-39(27-28-45-47(46)38-18-10-12-20-44(38)52-45)48-50-42(32-13-5-3-6-14-32)30-43(51-48)33-15-7-4-8-16-33/h3-30H,1-2H3. The number of hydrogen-bond acceptors (Lipinski definition) is 3. The number of fused-ring (bicyclic) bond motifs is 6. The van der Waals surface area contributed by atoms with Crippen molar-refractivity contribution in [3.05, 3.63) is 181 Å². The van der Waals surface area contributed by atoms with Gasteiger partial charge in [0.25, 0.3) is 0 Å². The van der Waals surface area contributed by atoms with Gasteiger partial charge in [0.1, 0.15) is 0 Å². The van der Waals surface area contributed by atoms with E-state index in [9.17, 15) is 0 Å². The topological polar surface area (TPSA) is 25.8 Å². The molecule has 9 aromatic rings. The van der Waals surface area contributed by atoms with Gasteiger partial charge in [-0.25, -0.2) is 9.97 Å². The summed E-state index contributed by atoms with van der Waals surface area (Å²) in [7, 11) is 0. The fraction of sp³-hybridized carbons (Fsp3) is 0.0612. The molecule has 3 heteroatoms. The van der Waals surface area contributed by atoms with Crippen molar-refractivity contribution >= 4 is 31.5 Å². The maximum atomic E-state index is 5.28. The Hall–Kier alpha value is -6.16. The average Bonchev–Trinajstić information content (AvgIpc) is 3.70. The molecule has 0 fully saturated rings. The number of nitrogens with zero attached hydrogens (tertiary/aromatic N) is 2. The van der Waals surface area contributed by atoms with E-state index < -0.39 is 0 Å². The van der Waals surface area contributed by atoms with Crippen LogP contribution in [0.15, 0.2) is 170 Å². The van der Waals surface area contributed by atoms with Crippen molar-refractivity contribution in [3.8, 4) is 67.3 Å². The first kappa shape index (κ1) is 30.6. The average molecular weight is 683 g/mol. The molecule has 0 bridgehead atoms. The first-order valence-corrected chi connectivity index (χ1v) is 18.6. The van der Waals surface area contributed by atoms with Gasteiger partial charge in [-0.3, -0.25) is 0 Å². The predicted molar refractivity (Wildman–Crippen MR) is 220 cm³/mol. The van der Waals surface area contributed by atoms with E-state index in [0.717, 1.165) is 45.0 Å². The van der Waals surface area contributed by atoms with Crippen LogP contribution >= 0.6 is 11.3 Å². The molecule has 2 heterocycles. The number of aromatic nitrogens is 2. The van der Waals surface area contributed by atoms with Crippen LogP contribution in [-0.2, 0) is 5.41 Å². The lowest BCUT2D eigenvalue weighted by Gasteiger charge is -2.22. The maximum absolute atomic E-state index is 5.28. The SMILES string of the molecule is CC1(C)c2ccccc2-c2ccc(-c3ccc(-c4c(-c5nc(-c6ccccc6)cc(-c6ccccc6)n5)ccc5sc6ccccc6c45)cc3)cc21. The van der Waals surface area contributed by atoms with Gasteiger partial charge in [0.2, 0.25) is 0 Å². The Bertz CT molecular complexity index is 2740. The van der Waals surface area contributed by atoms with Crippen LogP contribution in [0.25, 0.3) is 87.5 Å². The lowest BCUT2D eigenvalue weighted by atomic mass is 9.81. The monoisotopic (exact) mass is 682 g/mol. The van der Waals surface area contributed by atoms with Crippen molar-refractivity contribution < 1.29 is 0 Å². The second kappa shape index (κ2) is 12.0. The molecular weight excluding hydrogens is 649 g/mol. The molecule has 0 unspecified atom stereocenters. The van der Waals surface area contributed by atoms with E-state index in [1.54, 1.807) is 0 Å². The molecule has 246 valence electrons. The summed E-state index contributed by atoms with van der Waals surface area (Å²) in [4.78, 5) is 10.6. The van der Waals surface area contributed by atoms with Gasteiger partial charge in [-0.15, -0.1) is 11.3 Å². The summed E-state index contributed by atoms with van der Waals surface area (Å²) in [5.41, 5.74) is 15.2. The Kier molecular flexibility index (Phi) is 7.06. The van der Waals surface area contributed by atoms with Crippen molar-refractivity contribution in [2.75, 3.05) is 0 Å². The van der Waals surface area contributed by atoms with Crippen molar-refractivity contribution in [2.24, 2.45) is 0 Å². The van der Waals surface area contributed by atoms with Crippen LogP contribution in [0.4, 0.5) is 0 Å². The lowest BCUT2D eigenvalue weighted by molar-refractivity contribution is 0.660. The Morgan fingerprint density at radius 1 is 0.423 bits per heavy atom. The van der Waals surface area contributed by atoms with Gasteiger partial charge >= 0.3 is 0 Å². The van der Waals surface area contributed by atoms with Crippen LogP contribution in [0, 0.1) is 0 Å². The molecule has 1 aliphatic rings. The third-order valence-corrected chi connectivity index (χ3v) is 11.9. The van der Waals surface area contributed by atoms with Crippen LogP contribution in [0.5, 0.6) is 0 Å². The van der Waals surface area contributed by atoms with Crippen LogP contribution in [0.1, 0.15) is 25.0 Å². The van der Waals surface area contributed by atoms with E-state index in [2.05, 4.69) is 172 Å². The predicted octanol–water partition coefficient (Wildman–Crippen LogP) is 13.5. The molecule has 0 amide bonds. The number of thiophene rings is 1. The molecule has 10 rings (SSSR count). The van der Waals surface area contributed by atoms with E-state index in [0.29, 0.717) is 0 Å². The highest BCUT2D eigenvalue weighted by Gasteiger charge is 2.35. The van der Waals surface area contributed by atoms with Gasteiger partial charge in [0, 0.05) is 47.8 Å². The van der Waals surface area contributed by atoms with E-state index >= 15 is 0 Å². The third kappa shape index (κ3) is 4.92. The third-order valence-electron chi connectivity index (χ3n) is 10.7. The van der Waals surface area contributed by atoms with Crippen LogP contribution in [0.2, 0.25) is 0 Å². The normalized spacial score (nSPS) is 13.0. The van der Waals surface area contributed by atoms with E-state index in [1.165, 1.54) is 53.6 Å². The minimum absolute atomic E-state index is 0.0423. The van der Waals surface area contributed by atoms with E-state index in [-0.39, 0.29) is 5.41 Å². The zero-order chi connectivity index (χ0) is 34.8. The summed E-state index contributed by atoms with van der Waals surface area (Å²) in [6, 6.07) is 61.1. The van der Waals surface area contributed by atoms with Crippen molar-refractivity contribution in [1.82, 2.24) is 9.97 Å². The summed E-state index contributed by atoms with van der Waals surface area (Å²) < 4.78 is 2.53. The van der Waals surface area contributed by atoms with Crippen molar-refractivity contribution in [3.63, 3.8) is 0 Å². The Morgan fingerprint density at radius 2 is 1.00 bits per heavy atom. The molecule has 2 nitrogen and oxygen atoms in total. The Labute approximate surface area is 307 Å². The summed E-state index contributed by atoms with van der Waals surface area (Å²) >= 11 is 1.84. The number of hydrogen-bond donors (Lipinski definition) is 0. The first-order valence-electron chi connectivity index (χ1n) is 17.8. The molecule has 0 aliphatic heterocycles. The van der Waals surface area contributed by atoms with Gasteiger partial charge in [0.05, 0.1) is 11.4 Å². The molecule has 52 heavy (non-hydrogen) atoms. The second-order valence-corrected chi connectivity index (χ2v) is 15.2. The lowest BCUT2D eigenvalue weighted by Crippen LogP contribution is -2.14. The molecular formula is C49H34N2S. The quantitative estimate of drug-likeness (QED) is 0.181. The molecule has 0 saturated heterocycles.